The highest BCUT2D eigenvalue weighted by molar-refractivity contribution is 7.99. The van der Waals surface area contributed by atoms with Crippen molar-refractivity contribution in [1.29, 1.82) is 0 Å². The van der Waals surface area contributed by atoms with E-state index in [9.17, 15) is 4.79 Å². The Kier molecular flexibility index (Phi) is 7.99. The van der Waals surface area contributed by atoms with Crippen LogP contribution in [-0.2, 0) is 4.79 Å². The first-order valence-corrected chi connectivity index (χ1v) is 14.5. The summed E-state index contributed by atoms with van der Waals surface area (Å²) in [6.45, 7) is 2.93. The third kappa shape index (κ3) is 5.56. The molecule has 1 saturated heterocycles. The molecule has 3 heterocycles. The van der Waals surface area contributed by atoms with Crippen LogP contribution in [0.15, 0.2) is 113 Å². The van der Waals surface area contributed by atoms with Gasteiger partial charge in [-0.3, -0.25) is 14.3 Å². The molecule has 0 unspecified atom stereocenters. The number of rotatable bonds is 8. The molecule has 1 aliphatic rings. The summed E-state index contributed by atoms with van der Waals surface area (Å²) in [4.78, 5) is 17.7. The molecule has 1 fully saturated rings. The molecule has 0 spiro atoms. The van der Waals surface area contributed by atoms with Gasteiger partial charge in [0, 0.05) is 26.2 Å². The molecule has 0 bridgehead atoms. The van der Waals surface area contributed by atoms with Gasteiger partial charge in [0.2, 0.25) is 11.7 Å². The van der Waals surface area contributed by atoms with Gasteiger partial charge in [0.1, 0.15) is 0 Å². The van der Waals surface area contributed by atoms with E-state index < -0.39 is 0 Å². The Labute approximate surface area is 242 Å². The van der Waals surface area contributed by atoms with Gasteiger partial charge in [-0.1, -0.05) is 96.2 Å². The van der Waals surface area contributed by atoms with E-state index in [4.69, 9.17) is 16.0 Å². The topological polar surface area (TPSA) is 67.4 Å². The lowest BCUT2D eigenvalue weighted by molar-refractivity contribution is -0.130. The fourth-order valence-corrected chi connectivity index (χ4v) is 6.18. The molecule has 0 saturated carbocycles. The maximum atomic E-state index is 13.3. The summed E-state index contributed by atoms with van der Waals surface area (Å²) < 4.78 is 7.44. The van der Waals surface area contributed by atoms with Crippen molar-refractivity contribution in [1.82, 2.24) is 24.6 Å². The second-order valence-corrected chi connectivity index (χ2v) is 10.8. The van der Waals surface area contributed by atoms with E-state index in [0.717, 1.165) is 18.8 Å². The highest BCUT2D eigenvalue weighted by Gasteiger charge is 2.29. The molecule has 1 aliphatic heterocycles. The second kappa shape index (κ2) is 12.1. The molecule has 0 aliphatic carbocycles. The van der Waals surface area contributed by atoms with Crippen LogP contribution in [0.4, 0.5) is 0 Å². The number of thioether (sulfide) groups is 1. The summed E-state index contributed by atoms with van der Waals surface area (Å²) in [5.74, 6) is 1.44. The van der Waals surface area contributed by atoms with Gasteiger partial charge in [-0.05, 0) is 35.4 Å². The summed E-state index contributed by atoms with van der Waals surface area (Å²) in [5, 5.41) is 9.89. The van der Waals surface area contributed by atoms with Crippen LogP contribution in [-0.4, -0.2) is 62.4 Å². The maximum Gasteiger partial charge on any atom is 0.233 e. The highest BCUT2D eigenvalue weighted by Crippen LogP contribution is 2.32. The van der Waals surface area contributed by atoms with Gasteiger partial charge in [-0.15, -0.1) is 10.2 Å². The van der Waals surface area contributed by atoms with Crippen LogP contribution in [0.5, 0.6) is 0 Å². The Morgan fingerprint density at radius 2 is 1.48 bits per heavy atom. The van der Waals surface area contributed by atoms with Crippen LogP contribution in [0.3, 0.4) is 0 Å². The zero-order valence-electron chi connectivity index (χ0n) is 21.8. The number of carbonyl (C=O) groups excluding carboxylic acids is 1. The molecule has 2 aromatic heterocycles. The lowest BCUT2D eigenvalue weighted by Gasteiger charge is -2.39. The largest absolute Gasteiger partial charge is 0.461 e. The van der Waals surface area contributed by atoms with Gasteiger partial charge < -0.3 is 9.32 Å². The molecule has 7 nitrogen and oxygen atoms in total. The number of hydrogen-bond donors (Lipinski definition) is 0. The number of halogens is 1. The first-order valence-electron chi connectivity index (χ1n) is 13.2. The van der Waals surface area contributed by atoms with E-state index in [-0.39, 0.29) is 17.7 Å². The number of nitrogens with zero attached hydrogens (tertiary/aromatic N) is 5. The number of hydrogen-bond acceptors (Lipinski definition) is 6. The van der Waals surface area contributed by atoms with Gasteiger partial charge in [-0.2, -0.15) is 0 Å². The zero-order valence-corrected chi connectivity index (χ0v) is 23.3. The van der Waals surface area contributed by atoms with E-state index in [1.165, 1.54) is 22.9 Å². The molecule has 6 rings (SSSR count). The van der Waals surface area contributed by atoms with Crippen molar-refractivity contribution in [3.63, 3.8) is 0 Å². The Balaban J connectivity index is 1.15. The first kappa shape index (κ1) is 26.4. The minimum Gasteiger partial charge on any atom is -0.461 e. The predicted octanol–water partition coefficient (Wildman–Crippen LogP) is 6.21. The van der Waals surface area contributed by atoms with Crippen molar-refractivity contribution < 1.29 is 9.21 Å². The van der Waals surface area contributed by atoms with Crippen LogP contribution in [0.1, 0.15) is 17.2 Å². The lowest BCUT2D eigenvalue weighted by Crippen LogP contribution is -2.50. The molecule has 5 aromatic rings. The van der Waals surface area contributed by atoms with Crippen molar-refractivity contribution in [2.24, 2.45) is 0 Å². The summed E-state index contributed by atoms with van der Waals surface area (Å²) in [6, 6.07) is 32.4. The number of aromatic nitrogens is 3. The molecular weight excluding hydrogens is 542 g/mol. The minimum absolute atomic E-state index is 0.0777. The quantitative estimate of drug-likeness (QED) is 0.207. The Bertz CT molecular complexity index is 1510. The fourth-order valence-electron chi connectivity index (χ4n) is 5.11. The van der Waals surface area contributed by atoms with Crippen LogP contribution in [0, 0.1) is 0 Å². The number of piperazine rings is 1. The average molecular weight is 570 g/mol. The number of furan rings is 1. The smallest absolute Gasteiger partial charge is 0.233 e. The van der Waals surface area contributed by atoms with Crippen LogP contribution in [0.25, 0.3) is 17.3 Å². The molecule has 0 atom stereocenters. The molecule has 0 radical (unpaired) electrons. The SMILES string of the molecule is O=C(CSc1nnc(-c2ccco2)n1-c1ccccc1Cl)N1CCN(C(c2ccccc2)c2ccccc2)CC1. The summed E-state index contributed by atoms with van der Waals surface area (Å²) in [5.41, 5.74) is 3.25. The van der Waals surface area contributed by atoms with E-state index in [1.807, 2.05) is 51.9 Å². The van der Waals surface area contributed by atoms with Crippen molar-refractivity contribution >= 4 is 29.3 Å². The van der Waals surface area contributed by atoms with Crippen LogP contribution < -0.4 is 0 Å². The van der Waals surface area contributed by atoms with Crippen molar-refractivity contribution in [2.75, 3.05) is 31.9 Å². The summed E-state index contributed by atoms with van der Waals surface area (Å²) in [7, 11) is 0. The monoisotopic (exact) mass is 569 g/mol. The molecule has 40 heavy (non-hydrogen) atoms. The third-order valence-electron chi connectivity index (χ3n) is 7.06. The van der Waals surface area contributed by atoms with Crippen molar-refractivity contribution in [3.8, 4) is 17.3 Å². The molecule has 3 aromatic carbocycles. The highest BCUT2D eigenvalue weighted by atomic mass is 35.5. The zero-order chi connectivity index (χ0) is 27.3. The van der Waals surface area contributed by atoms with Crippen molar-refractivity contribution in [2.45, 2.75) is 11.2 Å². The number of para-hydroxylation sites is 1. The van der Waals surface area contributed by atoms with E-state index in [1.54, 1.807) is 12.3 Å². The Hall–Kier alpha value is -3.85. The first-order chi connectivity index (χ1) is 19.7. The molecular formula is C31H28ClN5O2S. The predicted molar refractivity (Wildman–Crippen MR) is 158 cm³/mol. The number of benzene rings is 3. The molecule has 0 N–H and O–H groups in total. The lowest BCUT2D eigenvalue weighted by atomic mass is 9.96. The number of amides is 1. The summed E-state index contributed by atoms with van der Waals surface area (Å²) in [6.07, 6.45) is 1.59. The van der Waals surface area contributed by atoms with Gasteiger partial charge in [-0.25, -0.2) is 0 Å². The molecule has 202 valence electrons. The Morgan fingerprint density at radius 1 is 0.825 bits per heavy atom. The van der Waals surface area contributed by atoms with Gasteiger partial charge in [0.15, 0.2) is 10.9 Å². The van der Waals surface area contributed by atoms with E-state index in [2.05, 4.69) is 63.6 Å². The van der Waals surface area contributed by atoms with E-state index >= 15 is 0 Å². The van der Waals surface area contributed by atoms with Gasteiger partial charge in [0.25, 0.3) is 0 Å². The van der Waals surface area contributed by atoms with Crippen LogP contribution in [0.2, 0.25) is 5.02 Å². The van der Waals surface area contributed by atoms with E-state index in [0.29, 0.717) is 34.9 Å². The fraction of sp³-hybridized carbons (Fsp3) is 0.194. The third-order valence-corrected chi connectivity index (χ3v) is 8.29. The molecule has 1 amide bonds. The second-order valence-electron chi connectivity index (χ2n) is 9.50. The number of carbonyl (C=O) groups is 1. The Morgan fingerprint density at radius 3 is 2.10 bits per heavy atom. The summed E-state index contributed by atoms with van der Waals surface area (Å²) >= 11 is 7.89. The standard InChI is InChI=1S/C31H28ClN5O2S/c32-25-14-7-8-15-26(25)37-30(27-16-9-21-39-27)33-34-31(37)40-22-28(38)35-17-19-36(20-18-35)29(23-10-3-1-4-11-23)24-12-5-2-6-13-24/h1-16,21,29H,17-20,22H2. The minimum atomic E-state index is 0.0777. The van der Waals surface area contributed by atoms with Crippen LogP contribution >= 0.6 is 23.4 Å². The maximum absolute atomic E-state index is 13.3. The average Bonchev–Trinajstić information content (AvgIpc) is 3.68. The molecule has 9 heteroatoms. The van der Waals surface area contributed by atoms with Gasteiger partial charge in [0.05, 0.1) is 28.8 Å². The van der Waals surface area contributed by atoms with Crippen molar-refractivity contribution in [3.05, 3.63) is 119 Å². The normalized spacial score (nSPS) is 14.1. The van der Waals surface area contributed by atoms with Gasteiger partial charge >= 0.3 is 0 Å².